The Morgan fingerprint density at radius 2 is 0.706 bits per heavy atom. The number of carbonyl (C=O) groups excluding carboxylic acids is 4. The van der Waals surface area contributed by atoms with Crippen molar-refractivity contribution in [2.75, 3.05) is 13.1 Å². The highest BCUT2D eigenvalue weighted by Crippen LogP contribution is 2.29. The van der Waals surface area contributed by atoms with Crippen LogP contribution >= 0.6 is 0 Å². The summed E-state index contributed by atoms with van der Waals surface area (Å²) in [6.07, 6.45) is 24.3. The van der Waals surface area contributed by atoms with Gasteiger partial charge < -0.3 is 75.1 Å². The van der Waals surface area contributed by atoms with Crippen LogP contribution in [0.2, 0.25) is 0 Å². The van der Waals surface area contributed by atoms with E-state index < -0.39 is 39.2 Å². The molecule has 1 atom stereocenters. The molecular formula is C88H90B6N9O16+6. The standard InChI is InChI=1S/C88H87B6N9O16/c1-61(2)86(105)95-37-18-16-33-82(104)81(97-88(107)77-44-75(58-103(60-77)52-69-26-8-14-36-85(69)119-91-110)72-41-70(53-100(55-72)48-65-22-4-10-30-79(65)93(113)114)63-28-20-40-99(46-63)50-67-24-6-12-34-83(67)117-89-108)32-15-17-38-96-87(106)76-43-74(57-101(59-76)49-66-23-5-11-31-80(66)94(115)116)73-42-71(54-102(56-73)51-68-25-7-13-35-84(68)118-90-109)62-27-19-39-98(45-62)47-64-21-3-9-29-78(64)92(111)112/h3-14,19-31,34-36,39-46,53-60,81,108-116H,1,15-18,32-33,37-38,47-52H2,2H3/q+3/p+3. The summed E-state index contributed by atoms with van der Waals surface area (Å²) in [5.74, 6) is -0.340. The Morgan fingerprint density at radius 1 is 0.378 bits per heavy atom. The molecule has 0 saturated carbocycles. The van der Waals surface area contributed by atoms with Gasteiger partial charge in [-0.05, 0) is 128 Å². The number of amides is 3. The molecule has 3 radical (unpaired) electrons. The van der Waals surface area contributed by atoms with E-state index in [1.54, 1.807) is 115 Å². The first-order valence-electron chi connectivity index (χ1n) is 38.9. The number of nitrogens with zero attached hydrogens (tertiary/aromatic N) is 6. The molecule has 0 saturated heterocycles. The summed E-state index contributed by atoms with van der Waals surface area (Å²) in [6.45, 7) is 7.15. The molecule has 1 unspecified atom stereocenters. The number of aromatic nitrogens is 6. The minimum Gasteiger partial charge on any atom is -0.537 e. The maximum atomic E-state index is 15.4. The topological polar surface area (TPSA) is 337 Å². The minimum atomic E-state index is -1.80. The molecule has 0 fully saturated rings. The average molecular weight is 1590 g/mol. The zero-order valence-electron chi connectivity index (χ0n) is 65.6. The van der Waals surface area contributed by atoms with Crippen molar-refractivity contribution in [2.24, 2.45) is 0 Å². The Hall–Kier alpha value is -12.5. The van der Waals surface area contributed by atoms with Gasteiger partial charge in [0.1, 0.15) is 28.4 Å². The third kappa shape index (κ3) is 23.7. The van der Waals surface area contributed by atoms with Crippen molar-refractivity contribution in [1.82, 2.24) is 16.0 Å². The summed E-state index contributed by atoms with van der Waals surface area (Å²) >= 11 is 0. The molecule has 12 rings (SSSR count). The number of unbranched alkanes of at least 4 members (excludes halogenated alkanes) is 2. The van der Waals surface area contributed by atoms with Gasteiger partial charge in [-0.2, -0.15) is 18.3 Å². The van der Waals surface area contributed by atoms with E-state index in [0.717, 1.165) is 33.4 Å². The van der Waals surface area contributed by atoms with Crippen molar-refractivity contribution in [3.05, 3.63) is 325 Å². The molecule has 119 heavy (non-hydrogen) atoms. The van der Waals surface area contributed by atoms with Crippen LogP contribution in [0.1, 0.15) is 99.5 Å². The van der Waals surface area contributed by atoms with Gasteiger partial charge in [0.2, 0.25) is 5.91 Å². The number of hydrogen-bond acceptors (Lipinski definition) is 16. The fraction of sp³-hybridized carbons (Fsp3) is 0.182. The molecule has 0 aliphatic carbocycles. The lowest BCUT2D eigenvalue weighted by Crippen LogP contribution is -2.43. The number of para-hydroxylation sites is 3. The highest BCUT2D eigenvalue weighted by atomic mass is 16.5. The van der Waals surface area contributed by atoms with Gasteiger partial charge in [0, 0.05) is 53.9 Å². The van der Waals surface area contributed by atoms with E-state index in [9.17, 15) is 59.6 Å². The third-order valence-corrected chi connectivity index (χ3v) is 20.3. The van der Waals surface area contributed by atoms with Crippen LogP contribution in [0.25, 0.3) is 44.5 Å². The summed E-state index contributed by atoms with van der Waals surface area (Å²) in [5, 5.41) is 101. The third-order valence-electron chi connectivity index (χ3n) is 20.3. The average Bonchev–Trinajstić information content (AvgIpc) is 0.793. The molecule has 25 nitrogen and oxygen atoms in total. The highest BCUT2D eigenvalue weighted by Gasteiger charge is 2.29. The fourth-order valence-corrected chi connectivity index (χ4v) is 14.4. The Bertz CT molecular complexity index is 5600. The minimum absolute atomic E-state index is 0.0519. The lowest BCUT2D eigenvalue weighted by molar-refractivity contribution is -0.689. The van der Waals surface area contributed by atoms with Crippen molar-refractivity contribution < 1.29 is 106 Å². The zero-order valence-corrected chi connectivity index (χ0v) is 65.6. The number of hydrogen-bond donors (Lipinski definition) is 12. The maximum Gasteiger partial charge on any atom is 0.569 e. The molecule has 0 aliphatic rings. The zero-order chi connectivity index (χ0) is 83.7. The first kappa shape index (κ1) is 85.8. The van der Waals surface area contributed by atoms with Crippen LogP contribution in [0, 0.1) is 0 Å². The van der Waals surface area contributed by atoms with Crippen LogP contribution in [0.15, 0.2) is 281 Å². The van der Waals surface area contributed by atoms with Gasteiger partial charge in [-0.15, -0.1) is 0 Å². The Labute approximate surface area is 693 Å². The highest BCUT2D eigenvalue weighted by molar-refractivity contribution is 6.60. The normalized spacial score (nSPS) is 11.2. The van der Waals surface area contributed by atoms with E-state index in [1.807, 2.05) is 188 Å². The van der Waals surface area contributed by atoms with Crippen LogP contribution in [0.5, 0.6) is 17.2 Å². The SMILES string of the molecule is C=C(C)C(=O)NCCCCC(=O)C(CCCCNC(=O)c1cc(-c2cc(-c3ccc[n+](Cc4ccccc4B(O)O)c3)c[n+](Cc3ccccc3O[B]O)c2)c[n+](Cc2ccccc2B(O)O)c1)NC(=O)c1cc(-c2cc(-c3ccc[n+](Cc4ccccc4O[B]O)c3)c[n+](Cc3ccccc3B(O)O)c2)c[n+](Cc2ccccc2O[B]O)c1. The van der Waals surface area contributed by atoms with Crippen LogP contribution in [-0.2, 0) is 48.9 Å². The van der Waals surface area contributed by atoms with Gasteiger partial charge in [-0.1, -0.05) is 116 Å². The van der Waals surface area contributed by atoms with Crippen molar-refractivity contribution in [1.29, 1.82) is 0 Å². The second-order valence-electron chi connectivity index (χ2n) is 28.9. The summed E-state index contributed by atoms with van der Waals surface area (Å²) in [7, 11) is -3.40. The first-order valence-corrected chi connectivity index (χ1v) is 38.9. The van der Waals surface area contributed by atoms with E-state index in [1.165, 1.54) is 0 Å². The number of carbonyl (C=O) groups is 4. The smallest absolute Gasteiger partial charge is 0.537 e. The number of nitrogens with one attached hydrogen (secondary N) is 3. The van der Waals surface area contributed by atoms with Gasteiger partial charge >= 0.3 is 44.4 Å². The summed E-state index contributed by atoms with van der Waals surface area (Å²) in [4.78, 5) is 57.5. The first-order chi connectivity index (χ1) is 57.8. The monoisotopic (exact) mass is 1590 g/mol. The van der Waals surface area contributed by atoms with E-state index in [4.69, 9.17) is 14.0 Å². The number of benzene rings is 6. The van der Waals surface area contributed by atoms with Gasteiger partial charge in [0.05, 0.1) is 67.2 Å². The van der Waals surface area contributed by atoms with E-state index in [2.05, 4.69) is 22.5 Å². The molecule has 0 aliphatic heterocycles. The number of pyridine rings is 6. The van der Waals surface area contributed by atoms with Crippen LogP contribution in [-0.4, -0.2) is 132 Å². The van der Waals surface area contributed by atoms with Gasteiger partial charge in [0.25, 0.3) is 11.8 Å². The lowest BCUT2D eigenvalue weighted by atomic mass is 9.77. The summed E-state index contributed by atoms with van der Waals surface area (Å²) < 4.78 is 27.9. The number of rotatable bonds is 40. The van der Waals surface area contributed by atoms with Gasteiger partial charge in [-0.3, -0.25) is 19.2 Å². The molecule has 6 aromatic heterocycles. The molecule has 6 aromatic carbocycles. The Morgan fingerprint density at radius 3 is 1.12 bits per heavy atom. The predicted octanol–water partition coefficient (Wildman–Crippen LogP) is 2.26. The molecule has 31 heteroatoms. The molecule has 595 valence electrons. The molecule has 0 spiro atoms. The molecule has 6 heterocycles. The van der Waals surface area contributed by atoms with Crippen molar-refractivity contribution in [3.63, 3.8) is 0 Å². The van der Waals surface area contributed by atoms with E-state index >= 15 is 4.79 Å². The molecular weight excluding hydrogens is 1500 g/mol. The Kier molecular flexibility index (Phi) is 30.3. The van der Waals surface area contributed by atoms with Gasteiger partial charge in [-0.25, -0.2) is 9.13 Å². The van der Waals surface area contributed by atoms with Crippen molar-refractivity contribution in [3.8, 4) is 61.8 Å². The molecule has 0 bridgehead atoms. The molecule has 12 N–H and O–H groups in total. The fourth-order valence-electron chi connectivity index (χ4n) is 14.4. The summed E-state index contributed by atoms with van der Waals surface area (Å²) in [5.41, 5.74) is 11.4. The lowest BCUT2D eigenvalue weighted by Gasteiger charge is -2.18. The number of Topliss-reactive ketones (excluding diaryl/α,β-unsaturated/α-hetero) is 1. The maximum absolute atomic E-state index is 15.4. The van der Waals surface area contributed by atoms with Crippen molar-refractivity contribution >= 4 is 84.3 Å². The predicted molar refractivity (Wildman–Crippen MR) is 448 cm³/mol. The number of ketones is 1. The van der Waals surface area contributed by atoms with Crippen LogP contribution < -0.4 is 73.7 Å². The van der Waals surface area contributed by atoms with Crippen molar-refractivity contribution in [2.45, 2.75) is 90.8 Å². The van der Waals surface area contributed by atoms with Crippen LogP contribution in [0.3, 0.4) is 0 Å². The summed E-state index contributed by atoms with van der Waals surface area (Å²) in [6, 6.07) is 56.8. The largest absolute Gasteiger partial charge is 0.569 e. The quantitative estimate of drug-likeness (QED) is 0.0113. The van der Waals surface area contributed by atoms with E-state index in [-0.39, 0.29) is 80.4 Å². The molecule has 3 amide bonds. The molecule has 12 aromatic rings. The van der Waals surface area contributed by atoms with Crippen LogP contribution in [0.4, 0.5) is 0 Å². The second kappa shape index (κ2) is 42.0. The van der Waals surface area contributed by atoms with Gasteiger partial charge in [0.15, 0.2) is 119 Å². The van der Waals surface area contributed by atoms with E-state index in [0.29, 0.717) is 140 Å². The second-order valence-corrected chi connectivity index (χ2v) is 28.9. The Balaban J connectivity index is 0.856.